The van der Waals surface area contributed by atoms with Gasteiger partial charge in [0.2, 0.25) is 0 Å². The molecule has 0 amide bonds. The fourth-order valence-electron chi connectivity index (χ4n) is 1.57. The molecule has 2 N–H and O–H groups in total. The van der Waals surface area contributed by atoms with E-state index in [4.69, 9.17) is 14.9 Å². The minimum atomic E-state index is 0.106. The SMILES string of the molecule is CN(CC1CCOC1)c1nnc(N)o1. The second kappa shape index (κ2) is 3.83. The van der Waals surface area contributed by atoms with E-state index in [1.807, 2.05) is 11.9 Å². The first kappa shape index (κ1) is 9.26. The van der Waals surface area contributed by atoms with Crippen molar-refractivity contribution in [3.05, 3.63) is 0 Å². The third kappa shape index (κ3) is 1.95. The monoisotopic (exact) mass is 198 g/mol. The number of nitrogens with two attached hydrogens (primary N) is 1. The van der Waals surface area contributed by atoms with Crippen LogP contribution in [0.25, 0.3) is 0 Å². The van der Waals surface area contributed by atoms with Crippen molar-refractivity contribution in [1.29, 1.82) is 0 Å². The molecule has 0 aromatic carbocycles. The van der Waals surface area contributed by atoms with E-state index in [0.717, 1.165) is 26.2 Å². The maximum Gasteiger partial charge on any atom is 0.319 e. The molecule has 1 aliphatic heterocycles. The minimum absolute atomic E-state index is 0.106. The molecule has 1 saturated heterocycles. The van der Waals surface area contributed by atoms with E-state index < -0.39 is 0 Å². The van der Waals surface area contributed by atoms with Crippen molar-refractivity contribution in [2.75, 3.05) is 37.4 Å². The average molecular weight is 198 g/mol. The molecule has 1 aromatic heterocycles. The zero-order valence-corrected chi connectivity index (χ0v) is 8.14. The highest BCUT2D eigenvalue weighted by atomic mass is 16.5. The molecule has 2 heterocycles. The number of aromatic nitrogens is 2. The van der Waals surface area contributed by atoms with Gasteiger partial charge in [-0.15, -0.1) is 0 Å². The van der Waals surface area contributed by atoms with Gasteiger partial charge in [0.05, 0.1) is 6.61 Å². The average Bonchev–Trinajstić information content (AvgIpc) is 2.75. The fourth-order valence-corrected chi connectivity index (χ4v) is 1.57. The molecule has 1 atom stereocenters. The normalized spacial score (nSPS) is 21.4. The Balaban J connectivity index is 1.91. The van der Waals surface area contributed by atoms with E-state index >= 15 is 0 Å². The quantitative estimate of drug-likeness (QED) is 0.743. The summed E-state index contributed by atoms with van der Waals surface area (Å²) in [5.41, 5.74) is 5.33. The second-order valence-electron chi connectivity index (χ2n) is 3.53. The molecule has 0 spiro atoms. The van der Waals surface area contributed by atoms with Gasteiger partial charge in [-0.2, -0.15) is 0 Å². The van der Waals surface area contributed by atoms with Crippen LogP contribution in [0.5, 0.6) is 0 Å². The lowest BCUT2D eigenvalue weighted by atomic mass is 10.1. The first-order chi connectivity index (χ1) is 6.75. The van der Waals surface area contributed by atoms with Crippen LogP contribution in [0.1, 0.15) is 6.42 Å². The molecule has 1 unspecified atom stereocenters. The highest BCUT2D eigenvalue weighted by Crippen LogP contribution is 2.17. The Hall–Kier alpha value is -1.30. The van der Waals surface area contributed by atoms with Crippen LogP contribution in [0.3, 0.4) is 0 Å². The molecular formula is C8H14N4O2. The van der Waals surface area contributed by atoms with E-state index in [2.05, 4.69) is 10.2 Å². The number of nitrogen functional groups attached to an aromatic ring is 1. The topological polar surface area (TPSA) is 77.4 Å². The molecule has 14 heavy (non-hydrogen) atoms. The Kier molecular flexibility index (Phi) is 2.53. The predicted octanol–water partition coefficient (Wildman–Crippen LogP) is 0.124. The van der Waals surface area contributed by atoms with Crippen molar-refractivity contribution >= 4 is 12.0 Å². The summed E-state index contributed by atoms with van der Waals surface area (Å²) in [4.78, 5) is 1.91. The lowest BCUT2D eigenvalue weighted by molar-refractivity contribution is 0.186. The molecule has 1 fully saturated rings. The van der Waals surface area contributed by atoms with Crippen molar-refractivity contribution in [3.8, 4) is 0 Å². The molecule has 0 bridgehead atoms. The number of ether oxygens (including phenoxy) is 1. The molecule has 0 aliphatic carbocycles. The summed E-state index contributed by atoms with van der Waals surface area (Å²) in [6.07, 6.45) is 1.09. The van der Waals surface area contributed by atoms with E-state index in [-0.39, 0.29) is 6.01 Å². The lowest BCUT2D eigenvalue weighted by Crippen LogP contribution is -2.25. The highest BCUT2D eigenvalue weighted by molar-refractivity contribution is 5.26. The third-order valence-corrected chi connectivity index (χ3v) is 2.31. The van der Waals surface area contributed by atoms with Crippen LogP contribution in [-0.4, -0.2) is 37.0 Å². The summed E-state index contributed by atoms with van der Waals surface area (Å²) >= 11 is 0. The molecular weight excluding hydrogens is 184 g/mol. The Labute approximate surface area is 82.0 Å². The van der Waals surface area contributed by atoms with Crippen molar-refractivity contribution < 1.29 is 9.15 Å². The van der Waals surface area contributed by atoms with Gasteiger partial charge in [-0.3, -0.25) is 0 Å². The highest BCUT2D eigenvalue weighted by Gasteiger charge is 2.19. The molecule has 0 radical (unpaired) electrons. The van der Waals surface area contributed by atoms with Gasteiger partial charge >= 0.3 is 12.0 Å². The number of hydrogen-bond donors (Lipinski definition) is 1. The van der Waals surface area contributed by atoms with Gasteiger partial charge in [-0.05, 0) is 6.42 Å². The third-order valence-electron chi connectivity index (χ3n) is 2.31. The first-order valence-corrected chi connectivity index (χ1v) is 4.63. The van der Waals surface area contributed by atoms with Crippen LogP contribution in [0.2, 0.25) is 0 Å². The molecule has 2 rings (SSSR count). The predicted molar refractivity (Wildman–Crippen MR) is 50.9 cm³/mol. The molecule has 6 nitrogen and oxygen atoms in total. The van der Waals surface area contributed by atoms with Crippen molar-refractivity contribution in [1.82, 2.24) is 10.2 Å². The Morgan fingerprint density at radius 3 is 3.00 bits per heavy atom. The van der Waals surface area contributed by atoms with Crippen molar-refractivity contribution in [2.45, 2.75) is 6.42 Å². The molecule has 78 valence electrons. The lowest BCUT2D eigenvalue weighted by Gasteiger charge is -2.17. The molecule has 1 aliphatic rings. The molecule has 6 heteroatoms. The maximum absolute atomic E-state index is 5.33. The van der Waals surface area contributed by atoms with Crippen molar-refractivity contribution in [2.24, 2.45) is 5.92 Å². The van der Waals surface area contributed by atoms with Crippen LogP contribution in [0.4, 0.5) is 12.0 Å². The number of anilines is 2. The van der Waals surface area contributed by atoms with Crippen LogP contribution in [0.15, 0.2) is 4.42 Å². The summed E-state index contributed by atoms with van der Waals surface area (Å²) in [5.74, 6) is 0.549. The summed E-state index contributed by atoms with van der Waals surface area (Å²) in [6, 6.07) is 0.573. The standard InChI is InChI=1S/C8H14N4O2/c1-12(4-6-2-3-13-5-6)8-11-10-7(9)14-8/h6H,2-5H2,1H3,(H2,9,10). The van der Waals surface area contributed by atoms with E-state index in [9.17, 15) is 0 Å². The van der Waals surface area contributed by atoms with E-state index in [1.54, 1.807) is 0 Å². The van der Waals surface area contributed by atoms with Gasteiger partial charge in [-0.1, -0.05) is 10.2 Å². The maximum atomic E-state index is 5.33. The Morgan fingerprint density at radius 1 is 1.57 bits per heavy atom. The summed E-state index contributed by atoms with van der Waals surface area (Å²) in [7, 11) is 1.91. The van der Waals surface area contributed by atoms with Crippen LogP contribution in [0, 0.1) is 5.92 Å². The fraction of sp³-hybridized carbons (Fsp3) is 0.750. The number of nitrogens with zero attached hydrogens (tertiary/aromatic N) is 3. The summed E-state index contributed by atoms with van der Waals surface area (Å²) in [5, 5.41) is 7.40. The van der Waals surface area contributed by atoms with E-state index in [0.29, 0.717) is 11.9 Å². The molecule has 0 saturated carbocycles. The largest absolute Gasteiger partial charge is 0.390 e. The van der Waals surface area contributed by atoms with Gasteiger partial charge < -0.3 is 19.8 Å². The van der Waals surface area contributed by atoms with Gasteiger partial charge in [0.1, 0.15) is 0 Å². The van der Waals surface area contributed by atoms with Gasteiger partial charge in [-0.25, -0.2) is 0 Å². The van der Waals surface area contributed by atoms with Crippen molar-refractivity contribution in [3.63, 3.8) is 0 Å². The van der Waals surface area contributed by atoms with Gasteiger partial charge in [0.15, 0.2) is 0 Å². The second-order valence-corrected chi connectivity index (χ2v) is 3.53. The Morgan fingerprint density at radius 2 is 2.43 bits per heavy atom. The summed E-state index contributed by atoms with van der Waals surface area (Å²) in [6.45, 7) is 2.53. The number of hydrogen-bond acceptors (Lipinski definition) is 6. The zero-order chi connectivity index (χ0) is 9.97. The minimum Gasteiger partial charge on any atom is -0.390 e. The summed E-state index contributed by atoms with van der Waals surface area (Å²) < 4.78 is 10.4. The van der Waals surface area contributed by atoms with Crippen LogP contribution < -0.4 is 10.6 Å². The smallest absolute Gasteiger partial charge is 0.319 e. The first-order valence-electron chi connectivity index (χ1n) is 4.63. The number of rotatable bonds is 3. The van der Waals surface area contributed by atoms with Crippen LogP contribution in [-0.2, 0) is 4.74 Å². The van der Waals surface area contributed by atoms with Crippen LogP contribution >= 0.6 is 0 Å². The molecule has 1 aromatic rings. The van der Waals surface area contributed by atoms with Gasteiger partial charge in [0.25, 0.3) is 0 Å². The van der Waals surface area contributed by atoms with E-state index in [1.165, 1.54) is 0 Å². The van der Waals surface area contributed by atoms with Gasteiger partial charge in [0, 0.05) is 26.1 Å². The zero-order valence-electron chi connectivity index (χ0n) is 8.14. The Bertz CT molecular complexity index is 295.